The zero-order valence-corrected chi connectivity index (χ0v) is 36.1. The van der Waals surface area contributed by atoms with Gasteiger partial charge in [0.1, 0.15) is 24.3 Å². The van der Waals surface area contributed by atoms with Crippen molar-refractivity contribution in [3.05, 3.63) is 95.6 Å². The standard InChI is InChI=1S/C47H63N5O8/c1-30(2)23-39-44(55)51-40(29-58-27-32-15-9-8-10-16-32)43(54)48-26-42(53)52(41(24-31(3)4)45(56)60-47(5,6)7)22-21-33(50-39)25-49-46(57)59-28-38-36-19-13-11-17-34(36)35-18-12-14-20-37(35)38/h8-20,30-31,33,38-41,50H,21-29H2,1-7H3,(H,48,54)(H,49,57)(H,51,55)/t33?,39-,40-,41?/m0/s1. The molecule has 13 heteroatoms. The summed E-state index contributed by atoms with van der Waals surface area (Å²) in [5, 5.41) is 11.9. The van der Waals surface area contributed by atoms with Crippen LogP contribution in [0, 0.1) is 11.8 Å². The fourth-order valence-electron chi connectivity index (χ4n) is 7.73. The van der Waals surface area contributed by atoms with Crippen LogP contribution in [0.2, 0.25) is 0 Å². The molecule has 5 rings (SSSR count). The van der Waals surface area contributed by atoms with E-state index in [2.05, 4.69) is 45.5 Å². The molecule has 3 aromatic carbocycles. The van der Waals surface area contributed by atoms with E-state index in [9.17, 15) is 24.0 Å². The molecule has 0 aromatic heterocycles. The van der Waals surface area contributed by atoms with E-state index in [0.29, 0.717) is 12.8 Å². The molecule has 0 saturated carbocycles. The molecule has 2 unspecified atom stereocenters. The molecule has 13 nitrogen and oxygen atoms in total. The summed E-state index contributed by atoms with van der Waals surface area (Å²) in [4.78, 5) is 70.7. The van der Waals surface area contributed by atoms with Crippen LogP contribution in [0.3, 0.4) is 0 Å². The smallest absolute Gasteiger partial charge is 0.407 e. The number of rotatable bonds is 14. The molecule has 1 aliphatic heterocycles. The highest BCUT2D eigenvalue weighted by Gasteiger charge is 2.36. The molecule has 1 aliphatic carbocycles. The van der Waals surface area contributed by atoms with Gasteiger partial charge in [-0.05, 0) is 79.7 Å². The Balaban J connectivity index is 1.39. The molecule has 3 aromatic rings. The first-order valence-electron chi connectivity index (χ1n) is 21.2. The first kappa shape index (κ1) is 45.8. The summed E-state index contributed by atoms with van der Waals surface area (Å²) in [6, 6.07) is 22.2. The number of ether oxygens (including phenoxy) is 3. The number of esters is 1. The van der Waals surface area contributed by atoms with Gasteiger partial charge < -0.3 is 40.4 Å². The molecule has 0 spiro atoms. The number of nitrogens with one attached hydrogen (secondary N) is 4. The van der Waals surface area contributed by atoms with Crippen molar-refractivity contribution in [2.24, 2.45) is 11.8 Å². The van der Waals surface area contributed by atoms with Gasteiger partial charge in [0.25, 0.3) is 0 Å². The van der Waals surface area contributed by atoms with Gasteiger partial charge in [0.2, 0.25) is 17.7 Å². The summed E-state index contributed by atoms with van der Waals surface area (Å²) in [5.74, 6) is -2.11. The Bertz CT molecular complexity index is 1880. The third-order valence-corrected chi connectivity index (χ3v) is 10.5. The summed E-state index contributed by atoms with van der Waals surface area (Å²) in [5.41, 5.74) is 4.50. The molecule has 1 heterocycles. The minimum Gasteiger partial charge on any atom is -0.458 e. The molecule has 4 atom stereocenters. The second-order valence-corrected chi connectivity index (χ2v) is 17.6. The van der Waals surface area contributed by atoms with Crippen LogP contribution in [0.5, 0.6) is 0 Å². The van der Waals surface area contributed by atoms with E-state index in [-0.39, 0.29) is 57.1 Å². The number of fused-ring (bicyclic) bond motifs is 3. The van der Waals surface area contributed by atoms with Crippen molar-refractivity contribution in [3.63, 3.8) is 0 Å². The minimum atomic E-state index is -1.13. The van der Waals surface area contributed by atoms with Gasteiger partial charge in [0, 0.05) is 25.0 Å². The number of carbonyl (C=O) groups excluding carboxylic acids is 5. The molecule has 0 bridgehead atoms. The normalized spacial score (nSPS) is 19.6. The topological polar surface area (TPSA) is 164 Å². The summed E-state index contributed by atoms with van der Waals surface area (Å²) in [7, 11) is 0. The second-order valence-electron chi connectivity index (χ2n) is 17.6. The Hall–Kier alpha value is -5.27. The number of hydrogen-bond acceptors (Lipinski definition) is 9. The van der Waals surface area contributed by atoms with Gasteiger partial charge in [-0.15, -0.1) is 0 Å². The predicted octanol–water partition coefficient (Wildman–Crippen LogP) is 5.70. The highest BCUT2D eigenvalue weighted by atomic mass is 16.6. The SMILES string of the molecule is CC(C)CC(C(=O)OC(C)(C)C)N1CCC(CNC(=O)OCC2c3ccccc3-c3ccccc32)N[C@@H](CC(C)C)C(=O)N[C@@H](COCc2ccccc2)C(=O)NCC1=O. The summed E-state index contributed by atoms with van der Waals surface area (Å²) < 4.78 is 17.6. The Morgan fingerprint density at radius 2 is 1.45 bits per heavy atom. The van der Waals surface area contributed by atoms with Gasteiger partial charge in [-0.2, -0.15) is 0 Å². The molecule has 324 valence electrons. The number of benzene rings is 3. The van der Waals surface area contributed by atoms with Crippen molar-refractivity contribution in [1.29, 1.82) is 0 Å². The van der Waals surface area contributed by atoms with Crippen LogP contribution in [-0.4, -0.2) is 97.3 Å². The number of carbonyl (C=O) groups is 5. The monoisotopic (exact) mass is 825 g/mol. The van der Waals surface area contributed by atoms with Gasteiger partial charge in [-0.1, -0.05) is 107 Å². The minimum absolute atomic E-state index is 0.0158. The second kappa shape index (κ2) is 21.3. The molecule has 1 fully saturated rings. The quantitative estimate of drug-likeness (QED) is 0.149. The summed E-state index contributed by atoms with van der Waals surface area (Å²) >= 11 is 0. The van der Waals surface area contributed by atoms with E-state index in [1.807, 2.05) is 82.3 Å². The molecular formula is C47H63N5O8. The van der Waals surface area contributed by atoms with Crippen molar-refractivity contribution in [3.8, 4) is 11.1 Å². The van der Waals surface area contributed by atoms with Crippen molar-refractivity contribution in [2.45, 2.75) is 110 Å². The van der Waals surface area contributed by atoms with Crippen molar-refractivity contribution < 1.29 is 38.2 Å². The van der Waals surface area contributed by atoms with Gasteiger partial charge in [0.05, 0.1) is 25.8 Å². The molecule has 60 heavy (non-hydrogen) atoms. The lowest BCUT2D eigenvalue weighted by Gasteiger charge is -2.35. The lowest BCUT2D eigenvalue weighted by molar-refractivity contribution is -0.165. The zero-order chi connectivity index (χ0) is 43.4. The van der Waals surface area contributed by atoms with Crippen LogP contribution < -0.4 is 21.3 Å². The van der Waals surface area contributed by atoms with E-state index < -0.39 is 66.1 Å². The van der Waals surface area contributed by atoms with Crippen LogP contribution in [-0.2, 0) is 40.0 Å². The van der Waals surface area contributed by atoms with Crippen molar-refractivity contribution in [1.82, 2.24) is 26.2 Å². The molecule has 4 amide bonds. The molecule has 2 aliphatic rings. The molecular weight excluding hydrogens is 763 g/mol. The van der Waals surface area contributed by atoms with Crippen LogP contribution in [0.4, 0.5) is 4.79 Å². The predicted molar refractivity (Wildman–Crippen MR) is 230 cm³/mol. The number of hydrogen-bond donors (Lipinski definition) is 4. The first-order chi connectivity index (χ1) is 28.6. The maximum atomic E-state index is 14.2. The average molecular weight is 826 g/mol. The van der Waals surface area contributed by atoms with Crippen LogP contribution in [0.25, 0.3) is 11.1 Å². The number of alkyl carbamates (subject to hydrolysis) is 1. The van der Waals surface area contributed by atoms with Crippen molar-refractivity contribution >= 4 is 29.8 Å². The highest BCUT2D eigenvalue weighted by molar-refractivity contribution is 5.93. The van der Waals surface area contributed by atoms with Crippen LogP contribution in [0.1, 0.15) is 90.3 Å². The zero-order valence-electron chi connectivity index (χ0n) is 36.1. The molecule has 4 N–H and O–H groups in total. The lowest BCUT2D eigenvalue weighted by Crippen LogP contribution is -2.57. The Morgan fingerprint density at radius 3 is 2.07 bits per heavy atom. The maximum Gasteiger partial charge on any atom is 0.407 e. The molecule has 1 saturated heterocycles. The Kier molecular flexibility index (Phi) is 16.3. The number of amides is 4. The van der Waals surface area contributed by atoms with Gasteiger partial charge in [0.15, 0.2) is 0 Å². The largest absolute Gasteiger partial charge is 0.458 e. The summed E-state index contributed by atoms with van der Waals surface area (Å²) in [6.45, 7) is 13.1. The van der Waals surface area contributed by atoms with Gasteiger partial charge in [-0.3, -0.25) is 14.4 Å². The highest BCUT2D eigenvalue weighted by Crippen LogP contribution is 2.44. The van der Waals surface area contributed by atoms with E-state index >= 15 is 0 Å². The number of nitrogens with zero attached hydrogens (tertiary/aromatic N) is 1. The maximum absolute atomic E-state index is 14.2. The van der Waals surface area contributed by atoms with Crippen molar-refractivity contribution in [2.75, 3.05) is 32.8 Å². The summed E-state index contributed by atoms with van der Waals surface area (Å²) in [6.07, 6.45) is 0.336. The lowest BCUT2D eigenvalue weighted by atomic mass is 9.98. The van der Waals surface area contributed by atoms with E-state index in [4.69, 9.17) is 14.2 Å². The average Bonchev–Trinajstić information content (AvgIpc) is 3.52. The third kappa shape index (κ3) is 13.1. The van der Waals surface area contributed by atoms with Crippen LogP contribution >= 0.6 is 0 Å². The Morgan fingerprint density at radius 1 is 0.817 bits per heavy atom. The van der Waals surface area contributed by atoms with E-state index in [1.54, 1.807) is 20.8 Å². The molecule has 0 radical (unpaired) electrons. The fraction of sp³-hybridized carbons (Fsp3) is 0.511. The first-order valence-corrected chi connectivity index (χ1v) is 21.2. The third-order valence-electron chi connectivity index (χ3n) is 10.5. The Labute approximate surface area is 354 Å². The van der Waals surface area contributed by atoms with Gasteiger partial charge in [-0.25, -0.2) is 9.59 Å². The van der Waals surface area contributed by atoms with E-state index in [0.717, 1.165) is 27.8 Å². The fourth-order valence-corrected chi connectivity index (χ4v) is 7.73. The van der Waals surface area contributed by atoms with Gasteiger partial charge >= 0.3 is 12.1 Å². The van der Waals surface area contributed by atoms with Crippen LogP contribution in [0.15, 0.2) is 78.9 Å². The van der Waals surface area contributed by atoms with E-state index in [1.165, 1.54) is 4.90 Å².